The van der Waals surface area contributed by atoms with Crippen molar-refractivity contribution in [1.29, 1.82) is 0 Å². The van der Waals surface area contributed by atoms with Crippen molar-refractivity contribution in [3.05, 3.63) is 52.9 Å². The average molecular weight is 415 g/mol. The lowest BCUT2D eigenvalue weighted by Crippen LogP contribution is -2.36. The smallest absolute Gasteiger partial charge is 0.276 e. The lowest BCUT2D eigenvalue weighted by atomic mass is 10.1. The predicted octanol–water partition coefficient (Wildman–Crippen LogP) is 4.49. The number of para-hydroxylation sites is 1. The Kier molecular flexibility index (Phi) is 5.58. The van der Waals surface area contributed by atoms with Gasteiger partial charge in [0.2, 0.25) is 0 Å². The monoisotopic (exact) mass is 414 g/mol. The third kappa shape index (κ3) is 3.74. The van der Waals surface area contributed by atoms with Gasteiger partial charge >= 0.3 is 0 Å². The number of likely N-dealkylation sites (tertiary alicyclic amines) is 1. The summed E-state index contributed by atoms with van der Waals surface area (Å²) in [5.74, 6) is 0.992. The van der Waals surface area contributed by atoms with E-state index in [-0.39, 0.29) is 17.6 Å². The van der Waals surface area contributed by atoms with Gasteiger partial charge in [-0.1, -0.05) is 41.7 Å². The summed E-state index contributed by atoms with van der Waals surface area (Å²) in [6.45, 7) is 0.641. The minimum Gasteiger partial charge on any atom is -0.496 e. The van der Waals surface area contributed by atoms with Crippen LogP contribution >= 0.6 is 11.6 Å². The Morgan fingerprint density at radius 1 is 1.28 bits per heavy atom. The Labute approximate surface area is 174 Å². The minimum absolute atomic E-state index is 0.142. The van der Waals surface area contributed by atoms with E-state index >= 15 is 0 Å². The molecule has 2 aromatic heterocycles. The highest BCUT2D eigenvalue weighted by molar-refractivity contribution is 6.31. The van der Waals surface area contributed by atoms with E-state index in [2.05, 4.69) is 10.3 Å². The number of carbonyl (C=O) groups excluding carboxylic acids is 1. The van der Waals surface area contributed by atoms with Crippen LogP contribution in [0.25, 0.3) is 11.3 Å². The molecule has 7 nitrogen and oxygen atoms in total. The summed E-state index contributed by atoms with van der Waals surface area (Å²) >= 11 is 6.40. The average Bonchev–Trinajstić information content (AvgIpc) is 3.27. The number of nitrogens with zero attached hydrogens (tertiary/aromatic N) is 4. The second-order valence-electron chi connectivity index (χ2n) is 7.14. The number of halogens is 1. The van der Waals surface area contributed by atoms with Crippen LogP contribution in [0.4, 0.5) is 0 Å². The number of hydrogen-bond acceptors (Lipinski definition) is 5. The molecule has 0 N–H and O–H groups in total. The number of rotatable bonds is 4. The van der Waals surface area contributed by atoms with Gasteiger partial charge in [-0.15, -0.1) is 0 Å². The van der Waals surface area contributed by atoms with Gasteiger partial charge in [0, 0.05) is 19.7 Å². The number of aromatic nitrogens is 3. The van der Waals surface area contributed by atoms with Crippen molar-refractivity contribution < 1.29 is 14.1 Å². The van der Waals surface area contributed by atoms with Gasteiger partial charge < -0.3 is 14.2 Å². The highest BCUT2D eigenvalue weighted by Gasteiger charge is 2.32. The Morgan fingerprint density at radius 3 is 2.86 bits per heavy atom. The van der Waals surface area contributed by atoms with Crippen molar-refractivity contribution in [3.8, 4) is 17.1 Å². The topological polar surface area (TPSA) is 73.4 Å². The molecular formula is C21H23ClN4O3. The van der Waals surface area contributed by atoms with Gasteiger partial charge in [-0.2, -0.15) is 5.10 Å². The molecule has 0 aliphatic carbocycles. The van der Waals surface area contributed by atoms with E-state index in [1.54, 1.807) is 24.1 Å². The molecule has 3 heterocycles. The summed E-state index contributed by atoms with van der Waals surface area (Å²) in [6.07, 6.45) is 5.50. The molecule has 1 saturated heterocycles. The maximum Gasteiger partial charge on any atom is 0.276 e. The normalized spacial score (nSPS) is 17.2. The van der Waals surface area contributed by atoms with Gasteiger partial charge in [-0.3, -0.25) is 9.48 Å². The maximum absolute atomic E-state index is 13.4. The number of ether oxygens (including phenoxy) is 1. The van der Waals surface area contributed by atoms with Gasteiger partial charge in [-0.05, 0) is 25.0 Å². The molecule has 1 atom stereocenters. The Bertz CT molecular complexity index is 994. The number of aryl methyl sites for hydroxylation is 1. The molecule has 8 heteroatoms. The van der Waals surface area contributed by atoms with Gasteiger partial charge in [0.1, 0.15) is 5.75 Å². The zero-order chi connectivity index (χ0) is 20.4. The molecule has 1 fully saturated rings. The molecular weight excluding hydrogens is 392 g/mol. The van der Waals surface area contributed by atoms with E-state index in [4.69, 9.17) is 20.9 Å². The molecule has 0 unspecified atom stereocenters. The summed E-state index contributed by atoms with van der Waals surface area (Å²) in [6, 6.07) is 9.01. The van der Waals surface area contributed by atoms with Crippen LogP contribution in [0, 0.1) is 0 Å². The molecule has 1 amide bonds. The van der Waals surface area contributed by atoms with Crippen molar-refractivity contribution in [2.75, 3.05) is 13.7 Å². The molecule has 29 heavy (non-hydrogen) atoms. The molecule has 1 aromatic carbocycles. The van der Waals surface area contributed by atoms with E-state index in [0.717, 1.165) is 36.9 Å². The number of methoxy groups -OCH3 is 1. The third-order valence-corrected chi connectivity index (χ3v) is 5.66. The van der Waals surface area contributed by atoms with Crippen LogP contribution in [0.2, 0.25) is 5.02 Å². The lowest BCUT2D eigenvalue weighted by Gasteiger charge is -2.29. The van der Waals surface area contributed by atoms with Gasteiger partial charge in [0.15, 0.2) is 11.5 Å². The lowest BCUT2D eigenvalue weighted by molar-refractivity contribution is 0.0663. The number of carbonyl (C=O) groups is 1. The fourth-order valence-corrected chi connectivity index (χ4v) is 4.22. The fraction of sp³-hybridized carbons (Fsp3) is 0.381. The first-order valence-corrected chi connectivity index (χ1v) is 10.1. The first-order chi connectivity index (χ1) is 14.1. The first kappa shape index (κ1) is 19.5. The second-order valence-corrected chi connectivity index (χ2v) is 7.55. The zero-order valence-electron chi connectivity index (χ0n) is 16.5. The van der Waals surface area contributed by atoms with Crippen molar-refractivity contribution in [1.82, 2.24) is 19.8 Å². The van der Waals surface area contributed by atoms with Crippen molar-refractivity contribution in [3.63, 3.8) is 0 Å². The quantitative estimate of drug-likeness (QED) is 0.628. The van der Waals surface area contributed by atoms with E-state index in [1.165, 1.54) is 0 Å². The zero-order valence-corrected chi connectivity index (χ0v) is 17.2. The van der Waals surface area contributed by atoms with Crippen molar-refractivity contribution in [2.45, 2.75) is 31.7 Å². The Balaban J connectivity index is 1.66. The van der Waals surface area contributed by atoms with Crippen LogP contribution in [0.3, 0.4) is 0 Å². The van der Waals surface area contributed by atoms with Gasteiger partial charge in [0.05, 0.1) is 35.6 Å². The summed E-state index contributed by atoms with van der Waals surface area (Å²) < 4.78 is 12.6. The standard InChI is InChI=1S/C21H23ClN4O3/c1-25-20(15(22)13-23-25)17-9-4-3-7-11-26(17)21(27)16-12-19(29-24-16)14-8-5-6-10-18(14)28-2/h5-6,8,10,12-13,17H,3-4,7,9,11H2,1-2H3/t17-/m1/s1. The fourth-order valence-electron chi connectivity index (χ4n) is 3.93. The number of hydrogen-bond donors (Lipinski definition) is 0. The number of benzene rings is 1. The summed E-state index contributed by atoms with van der Waals surface area (Å²) in [5, 5.41) is 8.88. The van der Waals surface area contributed by atoms with Crippen LogP contribution in [0.15, 0.2) is 41.1 Å². The van der Waals surface area contributed by atoms with E-state index in [0.29, 0.717) is 23.1 Å². The molecule has 0 bridgehead atoms. The molecule has 0 saturated carbocycles. The summed E-state index contributed by atoms with van der Waals surface area (Å²) in [7, 11) is 3.45. The molecule has 3 aromatic rings. The highest BCUT2D eigenvalue weighted by atomic mass is 35.5. The first-order valence-electron chi connectivity index (χ1n) is 9.68. The minimum atomic E-state index is -0.168. The van der Waals surface area contributed by atoms with Crippen LogP contribution in [-0.4, -0.2) is 39.4 Å². The van der Waals surface area contributed by atoms with E-state index < -0.39 is 0 Å². The van der Waals surface area contributed by atoms with Crippen LogP contribution in [0.5, 0.6) is 5.75 Å². The summed E-state index contributed by atoms with van der Waals surface area (Å²) in [5.41, 5.74) is 1.88. The molecule has 4 rings (SSSR count). The number of amides is 1. The Morgan fingerprint density at radius 2 is 2.10 bits per heavy atom. The third-order valence-electron chi connectivity index (χ3n) is 5.37. The van der Waals surface area contributed by atoms with Crippen molar-refractivity contribution >= 4 is 17.5 Å². The van der Waals surface area contributed by atoms with Crippen LogP contribution in [-0.2, 0) is 7.05 Å². The maximum atomic E-state index is 13.4. The SMILES string of the molecule is COc1ccccc1-c1cc(C(=O)N2CCCCC[C@@H]2c2c(Cl)cnn2C)no1. The molecule has 152 valence electrons. The highest BCUT2D eigenvalue weighted by Crippen LogP contribution is 2.35. The molecule has 0 spiro atoms. The summed E-state index contributed by atoms with van der Waals surface area (Å²) in [4.78, 5) is 15.2. The molecule has 1 aliphatic rings. The Hall–Kier alpha value is -2.80. The largest absolute Gasteiger partial charge is 0.496 e. The van der Waals surface area contributed by atoms with Gasteiger partial charge in [0.25, 0.3) is 5.91 Å². The van der Waals surface area contributed by atoms with Crippen LogP contribution in [0.1, 0.15) is 47.9 Å². The van der Waals surface area contributed by atoms with Crippen molar-refractivity contribution in [2.24, 2.45) is 7.05 Å². The molecule has 0 radical (unpaired) electrons. The van der Waals surface area contributed by atoms with E-state index in [9.17, 15) is 4.79 Å². The van der Waals surface area contributed by atoms with Gasteiger partial charge in [-0.25, -0.2) is 0 Å². The second kappa shape index (κ2) is 8.29. The van der Waals surface area contributed by atoms with E-state index in [1.807, 2.05) is 36.2 Å². The molecule has 1 aliphatic heterocycles. The predicted molar refractivity (Wildman–Crippen MR) is 109 cm³/mol. The van der Waals surface area contributed by atoms with Crippen LogP contribution < -0.4 is 4.74 Å².